The van der Waals surface area contributed by atoms with Gasteiger partial charge in [-0.3, -0.25) is 14.9 Å². The van der Waals surface area contributed by atoms with E-state index in [4.69, 9.17) is 5.73 Å². The molecular formula is C24H40N6. The van der Waals surface area contributed by atoms with Crippen LogP contribution in [0.2, 0.25) is 0 Å². The van der Waals surface area contributed by atoms with Crippen LogP contribution in [0.15, 0.2) is 36.7 Å². The van der Waals surface area contributed by atoms with Gasteiger partial charge in [0.1, 0.15) is 0 Å². The lowest BCUT2D eigenvalue weighted by Gasteiger charge is -2.24. The van der Waals surface area contributed by atoms with Crippen LogP contribution in [0.25, 0.3) is 0 Å². The number of unbranched alkanes of at least 4 members (excludes halogenated alkanes) is 1. The minimum atomic E-state index is 0.502. The Bertz CT molecular complexity index is 746. The minimum Gasteiger partial charge on any atom is -0.378 e. The molecule has 30 heavy (non-hydrogen) atoms. The van der Waals surface area contributed by atoms with E-state index in [1.54, 1.807) is 6.20 Å². The number of hydrogen-bond acceptors (Lipinski definition) is 6. The number of hydrogen-bond donors (Lipinski definition) is 1. The average molecular weight is 413 g/mol. The van der Waals surface area contributed by atoms with E-state index in [-0.39, 0.29) is 0 Å². The maximum atomic E-state index is 5.44. The van der Waals surface area contributed by atoms with Crippen molar-refractivity contribution in [1.82, 2.24) is 14.9 Å². The van der Waals surface area contributed by atoms with Gasteiger partial charge in [-0.1, -0.05) is 19.8 Å². The number of nitrogens with zero attached hydrogens (tertiary/aromatic N) is 5. The Kier molecular flexibility index (Phi) is 10.0. The van der Waals surface area contributed by atoms with E-state index < -0.39 is 0 Å². The summed E-state index contributed by atoms with van der Waals surface area (Å²) in [5.74, 6) is 0. The van der Waals surface area contributed by atoms with Crippen LogP contribution in [0.4, 0.5) is 11.4 Å². The van der Waals surface area contributed by atoms with Crippen molar-refractivity contribution in [2.24, 2.45) is 5.73 Å². The summed E-state index contributed by atoms with van der Waals surface area (Å²) in [6.07, 6.45) is 10.4. The van der Waals surface area contributed by atoms with Crippen LogP contribution in [0, 0.1) is 0 Å². The third-order valence-corrected chi connectivity index (χ3v) is 5.60. The van der Waals surface area contributed by atoms with Gasteiger partial charge in [0.25, 0.3) is 0 Å². The van der Waals surface area contributed by atoms with Gasteiger partial charge >= 0.3 is 0 Å². The summed E-state index contributed by atoms with van der Waals surface area (Å²) in [6, 6.07) is 9.01. The first-order valence-corrected chi connectivity index (χ1v) is 11.1. The highest BCUT2D eigenvalue weighted by Crippen LogP contribution is 2.24. The first-order valence-electron chi connectivity index (χ1n) is 11.1. The Balaban J connectivity index is 0.000000248. The molecule has 0 amide bonds. The monoisotopic (exact) mass is 412 g/mol. The van der Waals surface area contributed by atoms with Gasteiger partial charge in [-0.25, -0.2) is 0 Å². The van der Waals surface area contributed by atoms with Crippen LogP contribution in [0.3, 0.4) is 0 Å². The molecule has 0 saturated carbocycles. The van der Waals surface area contributed by atoms with Gasteiger partial charge in [-0.15, -0.1) is 0 Å². The molecule has 6 nitrogen and oxygen atoms in total. The van der Waals surface area contributed by atoms with Gasteiger partial charge in [0.2, 0.25) is 0 Å². The lowest BCUT2D eigenvalue weighted by atomic mass is 10.1. The molecule has 2 aromatic heterocycles. The van der Waals surface area contributed by atoms with Gasteiger partial charge in [0.05, 0.1) is 11.4 Å². The van der Waals surface area contributed by atoms with Crippen molar-refractivity contribution in [3.63, 3.8) is 0 Å². The molecule has 3 heterocycles. The smallest absolute Gasteiger partial charge is 0.0564 e. The van der Waals surface area contributed by atoms with Gasteiger partial charge < -0.3 is 15.5 Å². The molecule has 3 rings (SSSR count). The van der Waals surface area contributed by atoms with Crippen LogP contribution in [-0.4, -0.2) is 55.6 Å². The van der Waals surface area contributed by atoms with Crippen LogP contribution in [-0.2, 0) is 13.1 Å². The Morgan fingerprint density at radius 1 is 1.00 bits per heavy atom. The van der Waals surface area contributed by atoms with E-state index >= 15 is 0 Å². The fraction of sp³-hybridized carbons (Fsp3) is 0.583. The van der Waals surface area contributed by atoms with Crippen molar-refractivity contribution in [3.8, 4) is 0 Å². The molecule has 1 fully saturated rings. The molecule has 0 aliphatic carbocycles. The highest BCUT2D eigenvalue weighted by atomic mass is 15.2. The van der Waals surface area contributed by atoms with E-state index in [1.165, 1.54) is 50.0 Å². The van der Waals surface area contributed by atoms with Crippen LogP contribution in [0.5, 0.6) is 0 Å². The maximum Gasteiger partial charge on any atom is 0.0564 e. The Morgan fingerprint density at radius 3 is 2.17 bits per heavy atom. The summed E-state index contributed by atoms with van der Waals surface area (Å²) in [4.78, 5) is 15.4. The maximum absolute atomic E-state index is 5.44. The van der Waals surface area contributed by atoms with Gasteiger partial charge in [-0.05, 0) is 50.1 Å². The van der Waals surface area contributed by atoms with Crippen LogP contribution >= 0.6 is 0 Å². The standard InChI is InChI=1S/C16H27N3.C8H13N3/c1-4-5-7-15-8-6-11-19(15)13-14-12-16(18(2)3)9-10-17-14;1-11(2)8-3-4-10-7(5-8)6-9/h9-10,12,15H,4-8,11,13H2,1-3H3;3-5H,6,9H2,1-2H3/t15-;/m0./s1. The molecule has 0 aromatic carbocycles. The quantitative estimate of drug-likeness (QED) is 0.709. The van der Waals surface area contributed by atoms with Crippen LogP contribution in [0.1, 0.15) is 50.4 Å². The zero-order valence-electron chi connectivity index (χ0n) is 19.5. The lowest BCUT2D eigenvalue weighted by Crippen LogP contribution is -2.29. The van der Waals surface area contributed by atoms with Gasteiger partial charge in [-0.2, -0.15) is 0 Å². The molecule has 1 aliphatic heterocycles. The zero-order valence-corrected chi connectivity index (χ0v) is 19.5. The van der Waals surface area contributed by atoms with Crippen molar-refractivity contribution >= 4 is 11.4 Å². The van der Waals surface area contributed by atoms with Crippen molar-refractivity contribution in [1.29, 1.82) is 0 Å². The summed E-state index contributed by atoms with van der Waals surface area (Å²) in [7, 11) is 8.16. The molecule has 1 atom stereocenters. The van der Waals surface area contributed by atoms with Gasteiger partial charge in [0, 0.05) is 71.1 Å². The van der Waals surface area contributed by atoms with E-state index in [9.17, 15) is 0 Å². The second-order valence-corrected chi connectivity index (χ2v) is 8.41. The Labute approximate surface area is 183 Å². The largest absolute Gasteiger partial charge is 0.378 e. The summed E-state index contributed by atoms with van der Waals surface area (Å²) in [5.41, 5.74) is 9.95. The molecule has 1 aliphatic rings. The van der Waals surface area contributed by atoms with E-state index in [2.05, 4.69) is 52.9 Å². The summed E-state index contributed by atoms with van der Waals surface area (Å²) >= 11 is 0. The number of anilines is 2. The predicted octanol–water partition coefficient (Wildman–Crippen LogP) is 3.91. The normalized spacial score (nSPS) is 16.1. The second kappa shape index (κ2) is 12.5. The average Bonchev–Trinajstić information content (AvgIpc) is 3.19. The van der Waals surface area contributed by atoms with Crippen molar-refractivity contribution in [2.45, 2.75) is 58.2 Å². The van der Waals surface area contributed by atoms with E-state index in [1.807, 2.05) is 37.3 Å². The molecule has 1 saturated heterocycles. The SMILES string of the molecule is CCCC[C@H]1CCCN1Cc1cc(N(C)C)ccn1.CN(C)c1ccnc(CN)c1. The highest BCUT2D eigenvalue weighted by molar-refractivity contribution is 5.45. The predicted molar refractivity (Wildman–Crippen MR) is 128 cm³/mol. The van der Waals surface area contributed by atoms with Gasteiger partial charge in [0.15, 0.2) is 0 Å². The molecule has 2 aromatic rings. The first kappa shape index (κ1) is 24.1. The summed E-state index contributed by atoms with van der Waals surface area (Å²) < 4.78 is 0. The fourth-order valence-corrected chi connectivity index (χ4v) is 3.76. The highest BCUT2D eigenvalue weighted by Gasteiger charge is 2.24. The molecule has 0 radical (unpaired) electrons. The molecule has 0 spiro atoms. The number of rotatable bonds is 8. The van der Waals surface area contributed by atoms with E-state index in [0.29, 0.717) is 6.54 Å². The minimum absolute atomic E-state index is 0.502. The second-order valence-electron chi connectivity index (χ2n) is 8.41. The Morgan fingerprint density at radius 2 is 1.60 bits per heavy atom. The number of pyridine rings is 2. The molecule has 166 valence electrons. The number of likely N-dealkylation sites (tertiary alicyclic amines) is 1. The molecule has 6 heteroatoms. The fourth-order valence-electron chi connectivity index (χ4n) is 3.76. The Hall–Kier alpha value is -2.18. The zero-order chi connectivity index (χ0) is 21.9. The summed E-state index contributed by atoms with van der Waals surface area (Å²) in [6.45, 7) is 5.03. The number of aromatic nitrogens is 2. The summed E-state index contributed by atoms with van der Waals surface area (Å²) in [5, 5.41) is 0. The third kappa shape index (κ3) is 7.58. The lowest BCUT2D eigenvalue weighted by molar-refractivity contribution is 0.228. The third-order valence-electron chi connectivity index (χ3n) is 5.60. The molecular weight excluding hydrogens is 372 g/mol. The molecule has 2 N–H and O–H groups in total. The van der Waals surface area contributed by atoms with Crippen molar-refractivity contribution < 1.29 is 0 Å². The van der Waals surface area contributed by atoms with Crippen molar-refractivity contribution in [3.05, 3.63) is 48.0 Å². The van der Waals surface area contributed by atoms with Crippen molar-refractivity contribution in [2.75, 3.05) is 44.5 Å². The first-order chi connectivity index (χ1) is 14.4. The number of nitrogens with two attached hydrogens (primary N) is 1. The topological polar surface area (TPSA) is 61.5 Å². The molecule has 0 unspecified atom stereocenters. The van der Waals surface area contributed by atoms with E-state index in [0.717, 1.165) is 24.0 Å². The molecule has 0 bridgehead atoms. The van der Waals surface area contributed by atoms with Crippen LogP contribution < -0.4 is 15.5 Å².